The summed E-state index contributed by atoms with van der Waals surface area (Å²) in [4.78, 5) is 20.6. The number of hydrogen-bond donors (Lipinski definition) is 1. The molecule has 3 aromatic rings. The number of fused-ring (bicyclic) bond motifs is 1. The maximum absolute atomic E-state index is 12.3. The maximum Gasteiger partial charge on any atom is 0.273 e. The summed E-state index contributed by atoms with van der Waals surface area (Å²) in [5.74, 6) is 0.480. The van der Waals surface area contributed by atoms with Crippen molar-refractivity contribution >= 4 is 28.6 Å². The first-order valence-electron chi connectivity index (χ1n) is 7.67. The smallest absolute Gasteiger partial charge is 0.273 e. The average molecular weight is 333 g/mol. The van der Waals surface area contributed by atoms with Crippen LogP contribution in [0.15, 0.2) is 53.7 Å². The summed E-state index contributed by atoms with van der Waals surface area (Å²) >= 11 is 0. The van der Waals surface area contributed by atoms with E-state index >= 15 is 0 Å². The van der Waals surface area contributed by atoms with Crippen molar-refractivity contribution in [3.05, 3.63) is 59.8 Å². The van der Waals surface area contributed by atoms with Crippen LogP contribution in [0.5, 0.6) is 5.75 Å². The highest BCUT2D eigenvalue weighted by atomic mass is 16.5. The molecular formula is C18H15N5O2. The Morgan fingerprint density at radius 3 is 2.92 bits per heavy atom. The quantitative estimate of drug-likeness (QED) is 0.742. The highest BCUT2D eigenvalue weighted by Gasteiger charge is 2.26. The van der Waals surface area contributed by atoms with Crippen molar-refractivity contribution in [1.82, 2.24) is 20.0 Å². The predicted molar refractivity (Wildman–Crippen MR) is 94.2 cm³/mol. The average Bonchev–Trinajstić information content (AvgIpc) is 3.17. The van der Waals surface area contributed by atoms with Crippen molar-refractivity contribution in [3.63, 3.8) is 0 Å². The van der Waals surface area contributed by atoms with Gasteiger partial charge in [0.2, 0.25) is 0 Å². The minimum absolute atomic E-state index is 0.271. The van der Waals surface area contributed by atoms with Gasteiger partial charge < -0.3 is 9.30 Å². The van der Waals surface area contributed by atoms with Crippen molar-refractivity contribution in [2.75, 3.05) is 7.11 Å². The molecule has 7 heteroatoms. The zero-order valence-corrected chi connectivity index (χ0v) is 13.7. The fourth-order valence-corrected chi connectivity index (χ4v) is 2.97. The molecule has 0 atom stereocenters. The number of hydrazone groups is 1. The monoisotopic (exact) mass is 333 g/mol. The number of amides is 1. The first kappa shape index (κ1) is 15.1. The molecule has 1 aliphatic rings. The molecule has 0 aliphatic carbocycles. The Hall–Kier alpha value is -3.48. The van der Waals surface area contributed by atoms with E-state index in [2.05, 4.69) is 20.5 Å². The van der Waals surface area contributed by atoms with Gasteiger partial charge in [-0.05, 0) is 18.2 Å². The van der Waals surface area contributed by atoms with Gasteiger partial charge in [-0.1, -0.05) is 6.07 Å². The lowest BCUT2D eigenvalue weighted by Gasteiger charge is -2.04. The normalized spacial score (nSPS) is 15.5. The van der Waals surface area contributed by atoms with E-state index in [1.807, 2.05) is 36.0 Å². The number of nitrogens with one attached hydrogen (secondary N) is 1. The lowest BCUT2D eigenvalue weighted by Crippen LogP contribution is -2.14. The Bertz CT molecular complexity index is 1030. The first-order valence-corrected chi connectivity index (χ1v) is 7.67. The van der Waals surface area contributed by atoms with Crippen LogP contribution in [-0.4, -0.2) is 33.3 Å². The van der Waals surface area contributed by atoms with E-state index in [0.29, 0.717) is 17.0 Å². The van der Waals surface area contributed by atoms with Gasteiger partial charge in [0, 0.05) is 36.6 Å². The Balaban J connectivity index is 1.89. The minimum Gasteiger partial charge on any atom is -0.496 e. The molecule has 2 aromatic heterocycles. The van der Waals surface area contributed by atoms with Crippen LogP contribution in [-0.2, 0) is 11.8 Å². The van der Waals surface area contributed by atoms with E-state index in [-0.39, 0.29) is 5.91 Å². The number of benzene rings is 1. The van der Waals surface area contributed by atoms with Crippen molar-refractivity contribution < 1.29 is 9.53 Å². The third-order valence-corrected chi connectivity index (χ3v) is 4.10. The number of nitrogens with zero attached hydrogens (tertiary/aromatic N) is 4. The van der Waals surface area contributed by atoms with Gasteiger partial charge in [-0.15, -0.1) is 0 Å². The topological polar surface area (TPSA) is 81.4 Å². The zero-order chi connectivity index (χ0) is 17.4. The van der Waals surface area contributed by atoms with E-state index in [9.17, 15) is 4.79 Å². The molecule has 1 aromatic carbocycles. The molecule has 3 heterocycles. The number of carbonyl (C=O) groups excluding carboxylic acids is 1. The second-order valence-corrected chi connectivity index (χ2v) is 5.60. The van der Waals surface area contributed by atoms with Crippen LogP contribution in [0.1, 0.15) is 11.3 Å². The highest BCUT2D eigenvalue weighted by molar-refractivity contribution is 6.33. The van der Waals surface area contributed by atoms with Gasteiger partial charge in [0.25, 0.3) is 5.91 Å². The molecule has 0 bridgehead atoms. The molecule has 25 heavy (non-hydrogen) atoms. The Kier molecular flexibility index (Phi) is 3.53. The molecule has 124 valence electrons. The van der Waals surface area contributed by atoms with Crippen molar-refractivity contribution in [1.29, 1.82) is 0 Å². The summed E-state index contributed by atoms with van der Waals surface area (Å²) in [6, 6.07) is 5.84. The molecule has 0 spiro atoms. The molecule has 1 amide bonds. The van der Waals surface area contributed by atoms with Crippen LogP contribution in [0.2, 0.25) is 0 Å². The van der Waals surface area contributed by atoms with Gasteiger partial charge in [-0.3, -0.25) is 14.8 Å². The van der Waals surface area contributed by atoms with E-state index in [1.165, 1.54) is 0 Å². The van der Waals surface area contributed by atoms with E-state index < -0.39 is 0 Å². The van der Waals surface area contributed by atoms with Gasteiger partial charge in [0.05, 0.1) is 24.4 Å². The Morgan fingerprint density at radius 2 is 2.16 bits per heavy atom. The van der Waals surface area contributed by atoms with Gasteiger partial charge in [0.15, 0.2) is 0 Å². The first-order chi connectivity index (χ1) is 12.2. The van der Waals surface area contributed by atoms with Crippen LogP contribution in [0.3, 0.4) is 0 Å². The molecule has 4 rings (SSSR count). The third-order valence-electron chi connectivity index (χ3n) is 4.10. The standard InChI is InChI=1S/C18H15N5O2/c1-23-10-11(16-14(23)4-3-5-15(16)25-2)8-12-17(21-22-18(12)24)13-9-19-6-7-20-13/h3-10H,1-2H3,(H,22,24)/b12-8-. The molecule has 0 fully saturated rings. The van der Waals surface area contributed by atoms with E-state index in [1.54, 1.807) is 31.8 Å². The van der Waals surface area contributed by atoms with Crippen LogP contribution in [0, 0.1) is 0 Å². The molecule has 1 N–H and O–H groups in total. The summed E-state index contributed by atoms with van der Waals surface area (Å²) in [5.41, 5.74) is 5.85. The summed E-state index contributed by atoms with van der Waals surface area (Å²) in [7, 11) is 3.59. The summed E-state index contributed by atoms with van der Waals surface area (Å²) in [6.07, 6.45) is 8.49. The highest BCUT2D eigenvalue weighted by Crippen LogP contribution is 2.32. The van der Waals surface area contributed by atoms with Gasteiger partial charge in [-0.2, -0.15) is 5.10 Å². The van der Waals surface area contributed by atoms with Gasteiger partial charge in [-0.25, -0.2) is 5.43 Å². The molecule has 0 saturated heterocycles. The Labute approximate surface area is 143 Å². The molecule has 0 unspecified atom stereocenters. The van der Waals surface area contributed by atoms with Crippen molar-refractivity contribution in [2.24, 2.45) is 12.1 Å². The number of ether oxygens (including phenoxy) is 1. The van der Waals surface area contributed by atoms with Crippen LogP contribution in [0.4, 0.5) is 0 Å². The third kappa shape index (κ3) is 2.46. The lowest BCUT2D eigenvalue weighted by molar-refractivity contribution is -0.116. The summed E-state index contributed by atoms with van der Waals surface area (Å²) in [5, 5.41) is 5.05. The number of rotatable bonds is 3. The fourth-order valence-electron chi connectivity index (χ4n) is 2.97. The molecule has 1 aliphatic heterocycles. The van der Waals surface area contributed by atoms with Crippen LogP contribution in [0.25, 0.3) is 17.0 Å². The summed E-state index contributed by atoms with van der Waals surface area (Å²) in [6.45, 7) is 0. The molecule has 7 nitrogen and oxygen atoms in total. The molecule has 0 saturated carbocycles. The van der Waals surface area contributed by atoms with E-state index in [4.69, 9.17) is 4.74 Å². The largest absolute Gasteiger partial charge is 0.496 e. The number of hydrogen-bond acceptors (Lipinski definition) is 5. The number of carbonyl (C=O) groups is 1. The number of aromatic nitrogens is 3. The second-order valence-electron chi connectivity index (χ2n) is 5.60. The maximum atomic E-state index is 12.3. The SMILES string of the molecule is COc1cccc2c1c(/C=C1\C(=O)NN=C1c1cnccn1)cn2C. The van der Waals surface area contributed by atoms with Crippen molar-refractivity contribution in [3.8, 4) is 5.75 Å². The molecule has 0 radical (unpaired) electrons. The molecular weight excluding hydrogens is 318 g/mol. The zero-order valence-electron chi connectivity index (χ0n) is 13.7. The Morgan fingerprint density at radius 1 is 1.28 bits per heavy atom. The fraction of sp³-hybridized carbons (Fsp3) is 0.111. The summed E-state index contributed by atoms with van der Waals surface area (Å²) < 4.78 is 7.48. The predicted octanol–water partition coefficient (Wildman–Crippen LogP) is 1.89. The number of aryl methyl sites for hydroxylation is 1. The van der Waals surface area contributed by atoms with Crippen LogP contribution < -0.4 is 10.2 Å². The van der Waals surface area contributed by atoms with E-state index in [0.717, 1.165) is 22.2 Å². The second kappa shape index (κ2) is 5.86. The lowest BCUT2D eigenvalue weighted by atomic mass is 10.0. The van der Waals surface area contributed by atoms with Crippen molar-refractivity contribution in [2.45, 2.75) is 0 Å². The van der Waals surface area contributed by atoms with Crippen LogP contribution >= 0.6 is 0 Å². The minimum atomic E-state index is -0.271. The van der Waals surface area contributed by atoms with Gasteiger partial charge in [0.1, 0.15) is 17.2 Å². The van der Waals surface area contributed by atoms with Gasteiger partial charge >= 0.3 is 0 Å². The number of methoxy groups -OCH3 is 1.